The summed E-state index contributed by atoms with van der Waals surface area (Å²) in [5, 5.41) is 10.8. The van der Waals surface area contributed by atoms with Crippen LogP contribution in [-0.2, 0) is 19.2 Å². The molecule has 1 fully saturated rings. The number of aliphatic carboxylic acids is 1. The first-order valence-electron chi connectivity index (χ1n) is 8.56. The topological polar surface area (TPSA) is 104 Å². The van der Waals surface area contributed by atoms with Crippen LogP contribution in [-0.4, -0.2) is 34.0 Å². The van der Waals surface area contributed by atoms with Crippen LogP contribution in [0.4, 0.5) is 11.4 Å². The van der Waals surface area contributed by atoms with Gasteiger partial charge in [0.15, 0.2) is 0 Å². The van der Waals surface area contributed by atoms with Gasteiger partial charge in [-0.25, -0.2) is 9.69 Å². The molecule has 0 spiro atoms. The van der Waals surface area contributed by atoms with E-state index in [1.165, 1.54) is 11.8 Å². The lowest BCUT2D eigenvalue weighted by Gasteiger charge is -2.17. The molecule has 154 valence electrons. The molecule has 7 nitrogen and oxygen atoms in total. The predicted molar refractivity (Wildman–Crippen MR) is 115 cm³/mol. The minimum absolute atomic E-state index is 0.00964. The van der Waals surface area contributed by atoms with E-state index in [1.54, 1.807) is 42.5 Å². The van der Waals surface area contributed by atoms with E-state index in [0.29, 0.717) is 10.6 Å². The molecule has 0 saturated carbocycles. The van der Waals surface area contributed by atoms with E-state index in [2.05, 4.69) is 5.32 Å². The summed E-state index contributed by atoms with van der Waals surface area (Å²) in [6.45, 7) is 0. The van der Waals surface area contributed by atoms with Gasteiger partial charge in [0, 0.05) is 29.2 Å². The molecule has 30 heavy (non-hydrogen) atoms. The maximum Gasteiger partial charge on any atom is 0.328 e. The number of anilines is 2. The van der Waals surface area contributed by atoms with Gasteiger partial charge in [-0.3, -0.25) is 14.4 Å². The van der Waals surface area contributed by atoms with Crippen LogP contribution in [0.2, 0.25) is 10.0 Å². The van der Waals surface area contributed by atoms with Crippen LogP contribution in [0.25, 0.3) is 0 Å². The van der Waals surface area contributed by atoms with Crippen molar-refractivity contribution in [2.24, 2.45) is 0 Å². The van der Waals surface area contributed by atoms with Crippen molar-refractivity contribution in [1.82, 2.24) is 0 Å². The standard InChI is InChI=1S/C20H14Cl2N2O5S/c21-13-5-2-6-14(19(13)22)24-17(26)10-15(20(24)29)30-12-4-1-3-11(9-12)23-16(25)7-8-18(27)28/h1-9,15H,10H2,(H,23,25)(H,27,28). The van der Waals surface area contributed by atoms with Gasteiger partial charge in [0.2, 0.25) is 17.7 Å². The van der Waals surface area contributed by atoms with Crippen LogP contribution in [0.3, 0.4) is 0 Å². The first-order chi connectivity index (χ1) is 14.3. The highest BCUT2D eigenvalue weighted by Crippen LogP contribution is 2.39. The zero-order valence-corrected chi connectivity index (χ0v) is 17.5. The zero-order valence-electron chi connectivity index (χ0n) is 15.2. The number of thioether (sulfide) groups is 1. The molecule has 1 atom stereocenters. The second-order valence-electron chi connectivity index (χ2n) is 6.14. The van der Waals surface area contributed by atoms with Crippen LogP contribution in [0.5, 0.6) is 0 Å². The van der Waals surface area contributed by atoms with Gasteiger partial charge in [-0.05, 0) is 30.3 Å². The van der Waals surface area contributed by atoms with Gasteiger partial charge >= 0.3 is 5.97 Å². The molecule has 1 aliphatic heterocycles. The van der Waals surface area contributed by atoms with Crippen LogP contribution < -0.4 is 10.2 Å². The molecule has 0 radical (unpaired) electrons. The molecule has 1 aliphatic rings. The lowest BCUT2D eigenvalue weighted by atomic mass is 10.3. The smallest absolute Gasteiger partial charge is 0.328 e. The summed E-state index contributed by atoms with van der Waals surface area (Å²) in [5.41, 5.74) is 0.667. The van der Waals surface area contributed by atoms with Crippen LogP contribution in [0, 0.1) is 0 Å². The maximum atomic E-state index is 12.8. The number of rotatable bonds is 6. The minimum atomic E-state index is -1.23. The largest absolute Gasteiger partial charge is 0.478 e. The number of carbonyl (C=O) groups is 4. The number of amides is 3. The summed E-state index contributed by atoms with van der Waals surface area (Å²) in [5.74, 6) is -2.63. The summed E-state index contributed by atoms with van der Waals surface area (Å²) >= 11 is 13.3. The van der Waals surface area contributed by atoms with Crippen molar-refractivity contribution in [3.8, 4) is 0 Å². The molecule has 3 amide bonds. The van der Waals surface area contributed by atoms with Crippen LogP contribution >= 0.6 is 35.0 Å². The van der Waals surface area contributed by atoms with Crippen molar-refractivity contribution in [3.05, 3.63) is 64.7 Å². The fourth-order valence-electron chi connectivity index (χ4n) is 2.76. The molecular weight excluding hydrogens is 451 g/mol. The van der Waals surface area contributed by atoms with E-state index in [1.807, 2.05) is 0 Å². The number of halogens is 2. The number of benzene rings is 2. The van der Waals surface area contributed by atoms with Gasteiger partial charge in [0.05, 0.1) is 21.0 Å². The fourth-order valence-corrected chi connectivity index (χ4v) is 4.25. The molecule has 2 N–H and O–H groups in total. The molecule has 1 saturated heterocycles. The Labute approximate surface area is 185 Å². The first kappa shape index (κ1) is 21.9. The number of imide groups is 1. The van der Waals surface area contributed by atoms with Crippen molar-refractivity contribution < 1.29 is 24.3 Å². The molecular formula is C20H14Cl2N2O5S. The highest BCUT2D eigenvalue weighted by Gasteiger charge is 2.41. The van der Waals surface area contributed by atoms with Crippen molar-refractivity contribution in [1.29, 1.82) is 0 Å². The van der Waals surface area contributed by atoms with Gasteiger partial charge < -0.3 is 10.4 Å². The molecule has 0 bridgehead atoms. The molecule has 1 heterocycles. The molecule has 2 aromatic rings. The Morgan fingerprint density at radius 3 is 2.60 bits per heavy atom. The molecule has 0 aliphatic carbocycles. The van der Waals surface area contributed by atoms with E-state index in [4.69, 9.17) is 28.3 Å². The van der Waals surface area contributed by atoms with E-state index in [0.717, 1.165) is 17.1 Å². The number of hydrogen-bond donors (Lipinski definition) is 2. The summed E-state index contributed by atoms with van der Waals surface area (Å²) in [4.78, 5) is 49.2. The van der Waals surface area contributed by atoms with Gasteiger partial charge in [-0.2, -0.15) is 0 Å². The maximum absolute atomic E-state index is 12.8. The minimum Gasteiger partial charge on any atom is -0.478 e. The summed E-state index contributed by atoms with van der Waals surface area (Å²) in [6.07, 6.45) is 1.62. The Morgan fingerprint density at radius 2 is 1.87 bits per heavy atom. The van der Waals surface area contributed by atoms with Crippen LogP contribution in [0.1, 0.15) is 6.42 Å². The Bertz CT molecular complexity index is 1070. The van der Waals surface area contributed by atoms with Crippen molar-refractivity contribution in [2.45, 2.75) is 16.6 Å². The van der Waals surface area contributed by atoms with E-state index < -0.39 is 23.0 Å². The normalized spacial score (nSPS) is 16.3. The number of carboxylic acid groups (broad SMARTS) is 1. The number of carbonyl (C=O) groups excluding carboxylic acids is 3. The van der Waals surface area contributed by atoms with Gasteiger partial charge in [-0.15, -0.1) is 11.8 Å². The van der Waals surface area contributed by atoms with E-state index >= 15 is 0 Å². The zero-order chi connectivity index (χ0) is 21.8. The average Bonchev–Trinajstić information content (AvgIpc) is 2.96. The fraction of sp³-hybridized carbons (Fsp3) is 0.100. The van der Waals surface area contributed by atoms with E-state index in [-0.39, 0.29) is 28.1 Å². The number of hydrogen-bond acceptors (Lipinski definition) is 5. The van der Waals surface area contributed by atoms with E-state index in [9.17, 15) is 19.2 Å². The van der Waals surface area contributed by atoms with Crippen molar-refractivity contribution in [2.75, 3.05) is 10.2 Å². The third-order valence-electron chi connectivity index (χ3n) is 4.03. The molecule has 2 aromatic carbocycles. The third-order valence-corrected chi connectivity index (χ3v) is 6.02. The molecule has 10 heteroatoms. The third kappa shape index (κ3) is 5.02. The lowest BCUT2D eigenvalue weighted by Crippen LogP contribution is -2.31. The lowest BCUT2D eigenvalue weighted by molar-refractivity contribution is -0.131. The highest BCUT2D eigenvalue weighted by molar-refractivity contribution is 8.00. The van der Waals surface area contributed by atoms with Gasteiger partial charge in [0.25, 0.3) is 0 Å². The average molecular weight is 465 g/mol. The Balaban J connectivity index is 1.73. The van der Waals surface area contributed by atoms with Gasteiger partial charge in [0.1, 0.15) is 0 Å². The van der Waals surface area contributed by atoms with Crippen LogP contribution in [0.15, 0.2) is 59.5 Å². The molecule has 3 rings (SSSR count). The second-order valence-corrected chi connectivity index (χ2v) is 8.20. The predicted octanol–water partition coefficient (Wildman–Crippen LogP) is 4.00. The molecule has 0 aromatic heterocycles. The Morgan fingerprint density at radius 1 is 1.13 bits per heavy atom. The Kier molecular flexibility index (Phi) is 6.81. The summed E-state index contributed by atoms with van der Waals surface area (Å²) in [7, 11) is 0. The number of carboxylic acids is 1. The van der Waals surface area contributed by atoms with Gasteiger partial charge in [-0.1, -0.05) is 35.3 Å². The monoisotopic (exact) mass is 464 g/mol. The second kappa shape index (κ2) is 9.34. The van der Waals surface area contributed by atoms with Crippen molar-refractivity contribution >= 4 is 70.0 Å². The highest BCUT2D eigenvalue weighted by atomic mass is 35.5. The number of nitrogens with zero attached hydrogens (tertiary/aromatic N) is 1. The summed E-state index contributed by atoms with van der Waals surface area (Å²) in [6, 6.07) is 11.4. The molecule has 1 unspecified atom stereocenters. The first-order valence-corrected chi connectivity index (χ1v) is 10.2. The van der Waals surface area contributed by atoms with Crippen molar-refractivity contribution in [3.63, 3.8) is 0 Å². The number of nitrogens with one attached hydrogen (secondary N) is 1. The summed E-state index contributed by atoms with van der Waals surface area (Å²) < 4.78 is 0. The quantitative estimate of drug-likeness (QED) is 0.494. The SMILES string of the molecule is O=C(O)C=CC(=O)Nc1cccc(SC2CC(=O)N(c3cccc(Cl)c3Cl)C2=O)c1. The Hall–Kier alpha value is -2.81.